The molecule has 140 valence electrons. The summed E-state index contributed by atoms with van der Waals surface area (Å²) >= 11 is 0. The molecule has 7 nitrogen and oxygen atoms in total. The second-order valence-corrected chi connectivity index (χ2v) is 7.32. The van der Waals surface area contributed by atoms with Crippen molar-refractivity contribution in [1.29, 1.82) is 0 Å². The topological polar surface area (TPSA) is 90.0 Å². The van der Waals surface area contributed by atoms with Crippen molar-refractivity contribution in [3.63, 3.8) is 0 Å². The van der Waals surface area contributed by atoms with Gasteiger partial charge in [0.05, 0.1) is 0 Å². The first kappa shape index (κ1) is 18.2. The lowest BCUT2D eigenvalue weighted by molar-refractivity contribution is -0.141. The second kappa shape index (κ2) is 7.35. The summed E-state index contributed by atoms with van der Waals surface area (Å²) in [4.78, 5) is 39.6. The van der Waals surface area contributed by atoms with E-state index in [9.17, 15) is 19.5 Å². The summed E-state index contributed by atoms with van der Waals surface area (Å²) in [6, 6.07) is 5.63. The number of nitrogens with one attached hydrogen (secondary N) is 1. The number of carbonyl (C=O) groups excluding carboxylic acids is 2. The molecule has 0 radical (unpaired) electrons. The molecule has 2 N–H and O–H groups in total. The zero-order chi connectivity index (χ0) is 18.8. The van der Waals surface area contributed by atoms with Crippen LogP contribution in [-0.4, -0.2) is 59.0 Å². The van der Waals surface area contributed by atoms with E-state index in [-0.39, 0.29) is 23.9 Å². The molecule has 1 saturated carbocycles. The largest absolute Gasteiger partial charge is 0.480 e. The van der Waals surface area contributed by atoms with Gasteiger partial charge >= 0.3 is 12.0 Å². The van der Waals surface area contributed by atoms with Crippen molar-refractivity contribution < 1.29 is 19.5 Å². The maximum Gasteiger partial charge on any atom is 0.326 e. The lowest BCUT2D eigenvalue weighted by Crippen LogP contribution is -2.46. The Bertz CT molecular complexity index is 718. The van der Waals surface area contributed by atoms with Gasteiger partial charge in [-0.2, -0.15) is 0 Å². The summed E-state index contributed by atoms with van der Waals surface area (Å²) in [5.41, 5.74) is 0.917. The standard InChI is InChI=1S/C19H25N3O4/c1-21(2)19(26)20-14-8-5-7-13(10-14)17(23)22-15-9-4-3-6-12(15)11-16(22)18(24)25/h5,7-8,10,12,15-16H,3-4,6,9,11H2,1-2H3,(H,20,26)(H,24,25). The van der Waals surface area contributed by atoms with Gasteiger partial charge in [-0.3, -0.25) is 4.79 Å². The van der Waals surface area contributed by atoms with E-state index in [0.717, 1.165) is 25.7 Å². The summed E-state index contributed by atoms with van der Waals surface area (Å²) in [5, 5.41) is 12.3. The molecule has 3 amide bonds. The molecule has 7 heteroatoms. The van der Waals surface area contributed by atoms with E-state index >= 15 is 0 Å². The third-order valence-corrected chi connectivity index (χ3v) is 5.37. The predicted molar refractivity (Wildman–Crippen MR) is 97.1 cm³/mol. The number of fused-ring (bicyclic) bond motifs is 1. The second-order valence-electron chi connectivity index (χ2n) is 7.32. The fourth-order valence-electron chi connectivity index (χ4n) is 4.09. The Morgan fingerprint density at radius 2 is 1.92 bits per heavy atom. The predicted octanol–water partition coefficient (Wildman–Crippen LogP) is 2.64. The number of carboxylic acids is 1. The van der Waals surface area contributed by atoms with Crippen molar-refractivity contribution in [2.75, 3.05) is 19.4 Å². The summed E-state index contributed by atoms with van der Waals surface area (Å²) in [7, 11) is 3.27. The van der Waals surface area contributed by atoms with E-state index in [1.807, 2.05) is 0 Å². The van der Waals surface area contributed by atoms with Crippen LogP contribution in [0.25, 0.3) is 0 Å². The van der Waals surface area contributed by atoms with Crippen LogP contribution in [0.3, 0.4) is 0 Å². The first-order chi connectivity index (χ1) is 12.4. The summed E-state index contributed by atoms with van der Waals surface area (Å²) < 4.78 is 0. The minimum absolute atomic E-state index is 0.00243. The van der Waals surface area contributed by atoms with E-state index in [1.165, 1.54) is 4.90 Å². The first-order valence-corrected chi connectivity index (χ1v) is 9.02. The van der Waals surface area contributed by atoms with Crippen LogP contribution in [0.15, 0.2) is 24.3 Å². The molecule has 0 aromatic heterocycles. The summed E-state index contributed by atoms with van der Waals surface area (Å²) in [5.74, 6) is -0.942. The maximum atomic E-state index is 13.1. The number of hydrogen-bond donors (Lipinski definition) is 2. The number of hydrogen-bond acceptors (Lipinski definition) is 3. The number of anilines is 1. The van der Waals surface area contributed by atoms with Crippen LogP contribution < -0.4 is 5.32 Å². The number of amides is 3. The normalized spacial score (nSPS) is 24.7. The van der Waals surface area contributed by atoms with Crippen molar-refractivity contribution >= 4 is 23.6 Å². The fraction of sp³-hybridized carbons (Fsp3) is 0.526. The minimum atomic E-state index is -0.940. The van der Waals surface area contributed by atoms with Gasteiger partial charge in [0.2, 0.25) is 0 Å². The Balaban J connectivity index is 1.85. The van der Waals surface area contributed by atoms with Crippen LogP contribution in [-0.2, 0) is 4.79 Å². The van der Waals surface area contributed by atoms with Gasteiger partial charge < -0.3 is 20.2 Å². The molecule has 1 heterocycles. The van der Waals surface area contributed by atoms with Crippen LogP contribution in [0.5, 0.6) is 0 Å². The van der Waals surface area contributed by atoms with Gasteiger partial charge in [0.1, 0.15) is 6.04 Å². The van der Waals surface area contributed by atoms with Crippen LogP contribution in [0.1, 0.15) is 42.5 Å². The monoisotopic (exact) mass is 359 g/mol. The van der Waals surface area contributed by atoms with Gasteiger partial charge in [-0.1, -0.05) is 18.9 Å². The van der Waals surface area contributed by atoms with E-state index in [1.54, 1.807) is 43.3 Å². The average molecular weight is 359 g/mol. The molecule has 26 heavy (non-hydrogen) atoms. The van der Waals surface area contributed by atoms with E-state index in [2.05, 4.69) is 5.32 Å². The van der Waals surface area contributed by atoms with Gasteiger partial charge in [0.25, 0.3) is 5.91 Å². The van der Waals surface area contributed by atoms with Crippen molar-refractivity contribution in [3.05, 3.63) is 29.8 Å². The van der Waals surface area contributed by atoms with Gasteiger partial charge in [-0.05, 0) is 43.4 Å². The highest BCUT2D eigenvalue weighted by Crippen LogP contribution is 2.40. The lowest BCUT2D eigenvalue weighted by atomic mass is 9.84. The van der Waals surface area contributed by atoms with E-state index in [0.29, 0.717) is 17.7 Å². The lowest BCUT2D eigenvalue weighted by Gasteiger charge is -2.33. The molecule has 1 aromatic carbocycles. The van der Waals surface area contributed by atoms with E-state index in [4.69, 9.17) is 0 Å². The van der Waals surface area contributed by atoms with Crippen molar-refractivity contribution in [3.8, 4) is 0 Å². The number of benzene rings is 1. The maximum absolute atomic E-state index is 13.1. The Kier molecular flexibility index (Phi) is 5.15. The van der Waals surface area contributed by atoms with Gasteiger partial charge in [0, 0.05) is 31.4 Å². The molecular formula is C19H25N3O4. The zero-order valence-electron chi connectivity index (χ0n) is 15.1. The molecule has 1 aromatic rings. The Morgan fingerprint density at radius 3 is 2.62 bits per heavy atom. The molecule has 2 aliphatic rings. The van der Waals surface area contributed by atoms with Crippen molar-refractivity contribution in [2.24, 2.45) is 5.92 Å². The number of aliphatic carboxylic acids is 1. The molecule has 2 fully saturated rings. The quantitative estimate of drug-likeness (QED) is 0.868. The van der Waals surface area contributed by atoms with Gasteiger partial charge in [-0.15, -0.1) is 0 Å². The number of nitrogens with zero attached hydrogens (tertiary/aromatic N) is 2. The molecule has 1 saturated heterocycles. The highest BCUT2D eigenvalue weighted by Gasteiger charge is 2.47. The molecular weight excluding hydrogens is 334 g/mol. The third kappa shape index (κ3) is 3.52. The SMILES string of the molecule is CN(C)C(=O)Nc1cccc(C(=O)N2C(C(=O)O)CC3CCCCC32)c1. The summed E-state index contributed by atoms with van der Waals surface area (Å²) in [6.45, 7) is 0. The number of carbonyl (C=O) groups is 3. The molecule has 1 aliphatic heterocycles. The van der Waals surface area contributed by atoms with Gasteiger partial charge in [-0.25, -0.2) is 9.59 Å². The van der Waals surface area contributed by atoms with Crippen molar-refractivity contribution in [1.82, 2.24) is 9.80 Å². The number of urea groups is 1. The minimum Gasteiger partial charge on any atom is -0.480 e. The molecule has 3 atom stereocenters. The average Bonchev–Trinajstić information content (AvgIpc) is 3.01. The zero-order valence-corrected chi connectivity index (χ0v) is 15.1. The Labute approximate surface area is 153 Å². The van der Waals surface area contributed by atoms with Crippen molar-refractivity contribution in [2.45, 2.75) is 44.2 Å². The van der Waals surface area contributed by atoms with Crippen LogP contribution >= 0.6 is 0 Å². The molecule has 3 unspecified atom stereocenters. The van der Waals surface area contributed by atoms with Gasteiger partial charge in [0.15, 0.2) is 0 Å². The Hall–Kier alpha value is -2.57. The number of carboxylic acid groups (broad SMARTS) is 1. The molecule has 0 bridgehead atoms. The summed E-state index contributed by atoms with van der Waals surface area (Å²) in [6.07, 6.45) is 4.50. The van der Waals surface area contributed by atoms with Crippen LogP contribution in [0.4, 0.5) is 10.5 Å². The fourth-order valence-corrected chi connectivity index (χ4v) is 4.09. The highest BCUT2D eigenvalue weighted by atomic mass is 16.4. The van der Waals surface area contributed by atoms with Crippen LogP contribution in [0.2, 0.25) is 0 Å². The van der Waals surface area contributed by atoms with Crippen LogP contribution in [0, 0.1) is 5.92 Å². The molecule has 0 spiro atoms. The number of likely N-dealkylation sites (tertiary alicyclic amines) is 1. The third-order valence-electron chi connectivity index (χ3n) is 5.37. The highest BCUT2D eigenvalue weighted by molar-refractivity contribution is 5.99. The molecule has 1 aliphatic carbocycles. The Morgan fingerprint density at radius 1 is 1.19 bits per heavy atom. The van der Waals surface area contributed by atoms with E-state index < -0.39 is 12.0 Å². The number of rotatable bonds is 3. The first-order valence-electron chi connectivity index (χ1n) is 9.02. The smallest absolute Gasteiger partial charge is 0.326 e. The molecule has 3 rings (SSSR count).